The minimum absolute atomic E-state index is 0.162. The molecule has 1 N–H and O–H groups in total. The largest absolute Gasteiger partial charge is 0.313 e. The highest BCUT2D eigenvalue weighted by Crippen LogP contribution is 2.25. The van der Waals surface area contributed by atoms with E-state index in [1.54, 1.807) is 6.07 Å². The van der Waals surface area contributed by atoms with Crippen LogP contribution < -0.4 is 5.32 Å². The van der Waals surface area contributed by atoms with Gasteiger partial charge in [0.25, 0.3) is 0 Å². The first kappa shape index (κ1) is 9.68. The first-order chi connectivity index (χ1) is 5.66. The van der Waals surface area contributed by atoms with Crippen molar-refractivity contribution in [2.45, 2.75) is 13.0 Å². The van der Waals surface area contributed by atoms with Crippen LogP contribution >= 0.6 is 15.9 Å². The smallest absolute Gasteiger partial charge is 0.137 e. The summed E-state index contributed by atoms with van der Waals surface area (Å²) < 4.78 is 13.5. The van der Waals surface area contributed by atoms with Crippen molar-refractivity contribution in [1.82, 2.24) is 5.32 Å². The number of nitrogens with one attached hydrogen (secondary N) is 1. The monoisotopic (exact) mass is 231 g/mol. The Morgan fingerprint density at radius 3 is 2.75 bits per heavy atom. The summed E-state index contributed by atoms with van der Waals surface area (Å²) in [4.78, 5) is 0. The predicted octanol–water partition coefficient (Wildman–Crippen LogP) is 2.87. The first-order valence-electron chi connectivity index (χ1n) is 3.78. The molecule has 0 radical (unpaired) electrons. The third-order valence-electron chi connectivity index (χ3n) is 1.88. The second-order valence-corrected chi connectivity index (χ2v) is 3.45. The molecule has 1 nitrogen and oxygen atoms in total. The molecule has 0 aromatic heterocycles. The van der Waals surface area contributed by atoms with Gasteiger partial charge in [-0.1, -0.05) is 12.1 Å². The van der Waals surface area contributed by atoms with Crippen LogP contribution in [0.2, 0.25) is 0 Å². The van der Waals surface area contributed by atoms with Gasteiger partial charge in [0.2, 0.25) is 0 Å². The van der Waals surface area contributed by atoms with E-state index in [0.29, 0.717) is 4.47 Å². The van der Waals surface area contributed by atoms with Gasteiger partial charge < -0.3 is 5.32 Å². The molecule has 0 spiro atoms. The van der Waals surface area contributed by atoms with E-state index in [9.17, 15) is 4.39 Å². The Labute approximate surface area is 80.1 Å². The Kier molecular flexibility index (Phi) is 3.23. The molecule has 1 atom stereocenters. The topological polar surface area (TPSA) is 12.0 Å². The summed E-state index contributed by atoms with van der Waals surface area (Å²) in [6, 6.07) is 5.21. The lowest BCUT2D eigenvalue weighted by atomic mass is 10.1. The highest BCUT2D eigenvalue weighted by molar-refractivity contribution is 9.10. The van der Waals surface area contributed by atoms with Crippen LogP contribution in [0.15, 0.2) is 22.7 Å². The predicted molar refractivity (Wildman–Crippen MR) is 51.6 cm³/mol. The minimum Gasteiger partial charge on any atom is -0.313 e. The van der Waals surface area contributed by atoms with Crippen LogP contribution in [0, 0.1) is 5.82 Å². The fourth-order valence-electron chi connectivity index (χ4n) is 1.01. The van der Waals surface area contributed by atoms with Crippen LogP contribution in [0.25, 0.3) is 0 Å². The zero-order chi connectivity index (χ0) is 9.14. The molecule has 0 aliphatic carbocycles. The van der Waals surface area contributed by atoms with Crippen molar-refractivity contribution in [3.8, 4) is 0 Å². The van der Waals surface area contributed by atoms with Crippen LogP contribution in [-0.2, 0) is 0 Å². The van der Waals surface area contributed by atoms with Gasteiger partial charge in [-0.25, -0.2) is 4.39 Å². The number of halogens is 2. The summed E-state index contributed by atoms with van der Waals surface area (Å²) in [6.07, 6.45) is 0. The molecule has 0 saturated carbocycles. The maximum absolute atomic E-state index is 13.0. The Morgan fingerprint density at radius 1 is 1.50 bits per heavy atom. The quantitative estimate of drug-likeness (QED) is 0.826. The van der Waals surface area contributed by atoms with E-state index in [0.717, 1.165) is 5.56 Å². The van der Waals surface area contributed by atoms with Crippen LogP contribution in [0.1, 0.15) is 18.5 Å². The van der Waals surface area contributed by atoms with Crippen molar-refractivity contribution in [2.24, 2.45) is 0 Å². The Balaban J connectivity index is 3.07. The molecule has 1 rings (SSSR count). The van der Waals surface area contributed by atoms with Gasteiger partial charge in [-0.15, -0.1) is 0 Å². The van der Waals surface area contributed by atoms with Gasteiger partial charge in [-0.05, 0) is 41.5 Å². The molecule has 0 aliphatic rings. The van der Waals surface area contributed by atoms with E-state index in [1.807, 2.05) is 20.0 Å². The van der Waals surface area contributed by atoms with Crippen molar-refractivity contribution < 1.29 is 4.39 Å². The maximum Gasteiger partial charge on any atom is 0.137 e. The third-order valence-corrected chi connectivity index (χ3v) is 2.72. The maximum atomic E-state index is 13.0. The second kappa shape index (κ2) is 4.01. The van der Waals surface area contributed by atoms with E-state index >= 15 is 0 Å². The summed E-state index contributed by atoms with van der Waals surface area (Å²) in [5, 5.41) is 3.05. The number of benzene rings is 1. The molecule has 0 saturated heterocycles. The molecule has 0 fully saturated rings. The van der Waals surface area contributed by atoms with Gasteiger partial charge in [0.1, 0.15) is 5.82 Å². The fourth-order valence-corrected chi connectivity index (χ4v) is 1.62. The number of hydrogen-bond acceptors (Lipinski definition) is 1. The highest BCUT2D eigenvalue weighted by Gasteiger charge is 2.09. The molecule has 66 valence electrons. The summed E-state index contributed by atoms with van der Waals surface area (Å²) in [7, 11) is 1.85. The highest BCUT2D eigenvalue weighted by atomic mass is 79.9. The third kappa shape index (κ3) is 1.84. The Morgan fingerprint density at radius 2 is 2.17 bits per heavy atom. The summed E-state index contributed by atoms with van der Waals surface area (Å²) >= 11 is 3.21. The molecule has 0 bridgehead atoms. The zero-order valence-corrected chi connectivity index (χ0v) is 8.65. The summed E-state index contributed by atoms with van der Waals surface area (Å²) in [5.74, 6) is -0.213. The fraction of sp³-hybridized carbons (Fsp3) is 0.333. The summed E-state index contributed by atoms with van der Waals surface area (Å²) in [6.45, 7) is 1.99. The van der Waals surface area contributed by atoms with Crippen molar-refractivity contribution >= 4 is 15.9 Å². The van der Waals surface area contributed by atoms with Crippen LogP contribution in [0.5, 0.6) is 0 Å². The van der Waals surface area contributed by atoms with Gasteiger partial charge in [0, 0.05) is 6.04 Å². The second-order valence-electron chi connectivity index (χ2n) is 2.65. The lowest BCUT2D eigenvalue weighted by Gasteiger charge is -2.12. The first-order valence-corrected chi connectivity index (χ1v) is 4.57. The molecular formula is C9H11BrFN. The van der Waals surface area contributed by atoms with Crippen molar-refractivity contribution in [3.05, 3.63) is 34.1 Å². The van der Waals surface area contributed by atoms with Crippen molar-refractivity contribution in [3.63, 3.8) is 0 Å². The molecule has 0 aliphatic heterocycles. The molecule has 0 unspecified atom stereocenters. The standard InChI is InChI=1S/C9H11BrFN/c1-6(12-2)7-4-3-5-8(11)9(7)10/h3-6,12H,1-2H3/t6-/m0/s1. The van der Waals surface area contributed by atoms with Gasteiger partial charge >= 0.3 is 0 Å². The molecule has 0 amide bonds. The average Bonchev–Trinajstić information content (AvgIpc) is 2.08. The molecule has 3 heteroatoms. The van der Waals surface area contributed by atoms with E-state index < -0.39 is 0 Å². The van der Waals surface area contributed by atoms with Crippen LogP contribution in [-0.4, -0.2) is 7.05 Å². The van der Waals surface area contributed by atoms with E-state index in [4.69, 9.17) is 0 Å². The Hall–Kier alpha value is -0.410. The van der Waals surface area contributed by atoms with E-state index in [1.165, 1.54) is 6.07 Å². The van der Waals surface area contributed by atoms with Crippen LogP contribution in [0.3, 0.4) is 0 Å². The zero-order valence-electron chi connectivity index (χ0n) is 7.07. The van der Waals surface area contributed by atoms with E-state index in [-0.39, 0.29) is 11.9 Å². The van der Waals surface area contributed by atoms with E-state index in [2.05, 4.69) is 21.2 Å². The lowest BCUT2D eigenvalue weighted by molar-refractivity contribution is 0.600. The molecular weight excluding hydrogens is 221 g/mol. The van der Waals surface area contributed by atoms with Crippen molar-refractivity contribution in [1.29, 1.82) is 0 Å². The normalized spacial score (nSPS) is 13.0. The van der Waals surface area contributed by atoms with Crippen molar-refractivity contribution in [2.75, 3.05) is 7.05 Å². The van der Waals surface area contributed by atoms with Crippen LogP contribution in [0.4, 0.5) is 4.39 Å². The summed E-state index contributed by atoms with van der Waals surface area (Å²) in [5.41, 5.74) is 0.942. The molecule has 1 aromatic carbocycles. The SMILES string of the molecule is CN[C@@H](C)c1cccc(F)c1Br. The van der Waals surface area contributed by atoms with Gasteiger partial charge in [0.05, 0.1) is 4.47 Å². The van der Waals surface area contributed by atoms with Gasteiger partial charge in [-0.3, -0.25) is 0 Å². The van der Waals surface area contributed by atoms with Gasteiger partial charge in [0.15, 0.2) is 0 Å². The number of hydrogen-bond donors (Lipinski definition) is 1. The minimum atomic E-state index is -0.213. The van der Waals surface area contributed by atoms with Gasteiger partial charge in [-0.2, -0.15) is 0 Å². The average molecular weight is 232 g/mol. The Bertz CT molecular complexity index is 275. The molecule has 1 aromatic rings. The molecule has 0 heterocycles. The molecule has 12 heavy (non-hydrogen) atoms. The lowest BCUT2D eigenvalue weighted by Crippen LogP contribution is -2.13. The number of rotatable bonds is 2.